The fourth-order valence-electron chi connectivity index (χ4n) is 3.20. The van der Waals surface area contributed by atoms with E-state index < -0.39 is 0 Å². The summed E-state index contributed by atoms with van der Waals surface area (Å²) in [6, 6.07) is 0. The number of rotatable bonds is 13. The van der Waals surface area contributed by atoms with Gasteiger partial charge < -0.3 is 10.1 Å². The van der Waals surface area contributed by atoms with Gasteiger partial charge >= 0.3 is 0 Å². The molecule has 0 spiro atoms. The summed E-state index contributed by atoms with van der Waals surface area (Å²) in [6.07, 6.45) is 2.97. The van der Waals surface area contributed by atoms with Crippen LogP contribution in [0.4, 0.5) is 0 Å². The van der Waals surface area contributed by atoms with Crippen LogP contribution < -0.4 is 21.9 Å². The Bertz CT molecular complexity index is 511. The third kappa shape index (κ3) is 9.74. The first kappa shape index (κ1) is 27.0. The number of hydrogen-bond donors (Lipinski definition) is 4. The second kappa shape index (κ2) is 14.9. The van der Waals surface area contributed by atoms with Crippen molar-refractivity contribution in [2.45, 2.75) is 49.5 Å². The van der Waals surface area contributed by atoms with Crippen LogP contribution in [0.15, 0.2) is 11.6 Å². The zero-order valence-electron chi connectivity index (χ0n) is 17.9. The first-order valence-corrected chi connectivity index (χ1v) is 12.1. The van der Waals surface area contributed by atoms with Crippen molar-refractivity contribution in [3.8, 4) is 0 Å². The maximum absolute atomic E-state index is 12.1. The van der Waals surface area contributed by atoms with E-state index in [0.717, 1.165) is 26.1 Å². The first-order valence-electron chi connectivity index (χ1n) is 10.1. The lowest BCUT2D eigenvalue weighted by Gasteiger charge is -2.35. The molecule has 1 amide bonds. The van der Waals surface area contributed by atoms with E-state index in [1.165, 1.54) is 17.3 Å². The second-order valence-electron chi connectivity index (χ2n) is 7.20. The maximum atomic E-state index is 12.1. The lowest BCUT2D eigenvalue weighted by atomic mass is 9.93. The minimum atomic E-state index is -0.158. The van der Waals surface area contributed by atoms with E-state index in [4.69, 9.17) is 33.8 Å². The Labute approximate surface area is 189 Å². The molecule has 5 N–H and O–H groups in total. The molecule has 1 aliphatic rings. The van der Waals surface area contributed by atoms with Crippen molar-refractivity contribution in [3.05, 3.63) is 11.6 Å². The molecule has 0 aliphatic carbocycles. The summed E-state index contributed by atoms with van der Waals surface area (Å²) in [4.78, 5) is 14.4. The normalized spacial score (nSPS) is 22.7. The fraction of sp³-hybridized carbons (Fsp3) is 0.842. The highest BCUT2D eigenvalue weighted by Crippen LogP contribution is 2.27. The Balaban J connectivity index is 2.46. The molecule has 170 valence electrons. The molecule has 1 heterocycles. The van der Waals surface area contributed by atoms with Crippen LogP contribution in [0.3, 0.4) is 0 Å². The number of halogens is 2. The van der Waals surface area contributed by atoms with E-state index in [1.54, 1.807) is 7.05 Å². The van der Waals surface area contributed by atoms with Gasteiger partial charge in [0.05, 0.1) is 29.2 Å². The minimum Gasteiger partial charge on any atom is -0.374 e. The van der Waals surface area contributed by atoms with Crippen molar-refractivity contribution in [1.82, 2.24) is 21.0 Å². The number of morpholine rings is 1. The third-order valence-electron chi connectivity index (χ3n) is 5.12. The molecule has 1 fully saturated rings. The molecule has 0 radical (unpaired) electrons. The van der Waals surface area contributed by atoms with E-state index in [9.17, 15) is 4.79 Å². The lowest BCUT2D eigenvalue weighted by molar-refractivity contribution is -0.119. The van der Waals surface area contributed by atoms with Crippen LogP contribution in [0.1, 0.15) is 27.2 Å². The number of nitrogens with two attached hydrogens (primary N) is 1. The summed E-state index contributed by atoms with van der Waals surface area (Å²) < 4.78 is 5.83. The molecule has 5 atom stereocenters. The number of hydrogen-bond acceptors (Lipinski definition) is 7. The summed E-state index contributed by atoms with van der Waals surface area (Å²) in [5, 5.41) is 5.78. The van der Waals surface area contributed by atoms with Crippen molar-refractivity contribution in [2.24, 2.45) is 11.8 Å². The van der Waals surface area contributed by atoms with Crippen LogP contribution in [0.25, 0.3) is 0 Å². The van der Waals surface area contributed by atoms with Crippen LogP contribution in [0.5, 0.6) is 0 Å². The largest absolute Gasteiger partial charge is 0.374 e. The number of allylic oxidation sites excluding steroid dienone is 1. The van der Waals surface area contributed by atoms with Crippen LogP contribution in [0.2, 0.25) is 0 Å². The number of amides is 1. The highest BCUT2D eigenvalue weighted by molar-refractivity contribution is 8.00. The van der Waals surface area contributed by atoms with Gasteiger partial charge in [0.15, 0.2) is 0 Å². The predicted molar refractivity (Wildman–Crippen MR) is 124 cm³/mol. The Kier molecular flexibility index (Phi) is 13.8. The number of nitrogens with one attached hydrogen (secondary N) is 3. The topological polar surface area (TPSA) is 91.6 Å². The van der Waals surface area contributed by atoms with Gasteiger partial charge in [-0.05, 0) is 26.3 Å². The number of carbonyl (C=O) groups is 1. The van der Waals surface area contributed by atoms with E-state index in [1.807, 2.05) is 0 Å². The van der Waals surface area contributed by atoms with Gasteiger partial charge in [-0.3, -0.25) is 20.9 Å². The van der Waals surface area contributed by atoms with E-state index in [-0.39, 0.29) is 34.2 Å². The molecule has 5 unspecified atom stereocenters. The van der Waals surface area contributed by atoms with Gasteiger partial charge in [-0.25, -0.2) is 5.43 Å². The van der Waals surface area contributed by atoms with Gasteiger partial charge in [-0.15, -0.1) is 35.0 Å². The van der Waals surface area contributed by atoms with Gasteiger partial charge in [0.1, 0.15) is 5.50 Å². The van der Waals surface area contributed by atoms with Gasteiger partial charge in [-0.2, -0.15) is 0 Å². The quantitative estimate of drug-likeness (QED) is 0.107. The third-order valence-corrected chi connectivity index (χ3v) is 7.64. The molecule has 0 aromatic rings. The number of hydrazine groups is 1. The number of ether oxygens (including phenoxy) is 1. The zero-order valence-corrected chi connectivity index (χ0v) is 20.2. The van der Waals surface area contributed by atoms with Crippen molar-refractivity contribution in [3.63, 3.8) is 0 Å². The Morgan fingerprint density at radius 3 is 2.76 bits per heavy atom. The van der Waals surface area contributed by atoms with Crippen LogP contribution in [-0.4, -0.2) is 78.7 Å². The summed E-state index contributed by atoms with van der Waals surface area (Å²) in [7, 11) is 1.78. The fourth-order valence-corrected chi connectivity index (χ4v) is 4.44. The van der Waals surface area contributed by atoms with E-state index >= 15 is 0 Å². The standard InChI is InChI=1S/C19H37Cl2N5O2S/c1-5-14(13(3)18(21)16(20)6-2)10-26-7-8-28-15(11-26)9-24-17(27)12-29-19(23-4)25-22/h5,13,15-16,18-19,23,25H,6-12,22H2,1-4H3,(H,24,27)/b14-5-. The van der Waals surface area contributed by atoms with Gasteiger partial charge in [0, 0.05) is 26.2 Å². The van der Waals surface area contributed by atoms with Crippen molar-refractivity contribution in [1.29, 1.82) is 0 Å². The maximum Gasteiger partial charge on any atom is 0.230 e. The molecule has 10 heteroatoms. The van der Waals surface area contributed by atoms with Crippen molar-refractivity contribution in [2.75, 3.05) is 45.6 Å². The molecular weight excluding hydrogens is 433 g/mol. The summed E-state index contributed by atoms with van der Waals surface area (Å²) >= 11 is 14.3. The summed E-state index contributed by atoms with van der Waals surface area (Å²) in [5.41, 5.74) is 3.72. The molecule has 29 heavy (non-hydrogen) atoms. The number of thioether (sulfide) groups is 1. The molecule has 0 aromatic heterocycles. The summed E-state index contributed by atoms with van der Waals surface area (Å²) in [5.74, 6) is 5.87. The lowest BCUT2D eigenvalue weighted by Crippen LogP contribution is -2.49. The van der Waals surface area contributed by atoms with Crippen LogP contribution >= 0.6 is 35.0 Å². The molecule has 0 saturated carbocycles. The highest BCUT2D eigenvalue weighted by atomic mass is 35.5. The smallest absolute Gasteiger partial charge is 0.230 e. The Morgan fingerprint density at radius 1 is 1.45 bits per heavy atom. The van der Waals surface area contributed by atoms with Gasteiger partial charge in [0.2, 0.25) is 5.91 Å². The predicted octanol–water partition coefficient (Wildman–Crippen LogP) is 1.71. The van der Waals surface area contributed by atoms with Gasteiger partial charge in [-0.1, -0.05) is 25.5 Å². The Hall–Kier alpha value is -0.0600. The minimum absolute atomic E-state index is 0.0259. The first-order chi connectivity index (χ1) is 13.9. The van der Waals surface area contributed by atoms with Crippen molar-refractivity contribution < 1.29 is 9.53 Å². The molecular formula is C19H37Cl2N5O2S. The zero-order chi connectivity index (χ0) is 21.8. The SMILES string of the molecule is C/C=C(/CN1CCOC(CNC(=O)CSC(NC)NN)C1)C(C)C(Cl)C(Cl)CC. The van der Waals surface area contributed by atoms with E-state index in [0.29, 0.717) is 18.9 Å². The second-order valence-corrected chi connectivity index (χ2v) is 9.36. The molecule has 0 aromatic carbocycles. The average Bonchev–Trinajstić information content (AvgIpc) is 2.75. The van der Waals surface area contributed by atoms with Crippen LogP contribution in [-0.2, 0) is 9.53 Å². The van der Waals surface area contributed by atoms with Gasteiger partial charge in [0.25, 0.3) is 0 Å². The summed E-state index contributed by atoms with van der Waals surface area (Å²) in [6.45, 7) is 9.86. The highest BCUT2D eigenvalue weighted by Gasteiger charge is 2.27. The molecule has 1 rings (SSSR count). The van der Waals surface area contributed by atoms with E-state index in [2.05, 4.69) is 47.8 Å². The van der Waals surface area contributed by atoms with Crippen LogP contribution in [0, 0.1) is 5.92 Å². The number of nitrogens with zero attached hydrogens (tertiary/aromatic N) is 1. The molecule has 0 bridgehead atoms. The van der Waals surface area contributed by atoms with Crippen molar-refractivity contribution >= 4 is 40.9 Å². The molecule has 1 aliphatic heterocycles. The monoisotopic (exact) mass is 469 g/mol. The molecule has 1 saturated heterocycles. The Morgan fingerprint density at radius 2 is 2.17 bits per heavy atom. The average molecular weight is 471 g/mol. The number of alkyl halides is 2. The number of carbonyl (C=O) groups excluding carboxylic acids is 1. The molecule has 7 nitrogen and oxygen atoms in total.